The fourth-order valence-corrected chi connectivity index (χ4v) is 2.96. The van der Waals surface area contributed by atoms with Crippen LogP contribution in [0.5, 0.6) is 0 Å². The standard InChI is InChI=1S/C14H21NO4S/c1-8-9(13(16)17-2)6-7-10(11(8)15)12(20-5)14(18-3)19-4/h6-7,12,14H,15H2,1-5H3. The third kappa shape index (κ3) is 3.26. The van der Waals surface area contributed by atoms with E-state index < -0.39 is 12.3 Å². The van der Waals surface area contributed by atoms with E-state index in [2.05, 4.69) is 0 Å². The van der Waals surface area contributed by atoms with Gasteiger partial charge in [-0.15, -0.1) is 0 Å². The minimum Gasteiger partial charge on any atom is -0.465 e. The second kappa shape index (κ2) is 7.52. The summed E-state index contributed by atoms with van der Waals surface area (Å²) in [7, 11) is 4.52. The summed E-state index contributed by atoms with van der Waals surface area (Å²) in [6.07, 6.45) is 1.55. The van der Waals surface area contributed by atoms with Crippen LogP contribution in [-0.4, -0.2) is 39.8 Å². The molecule has 0 aromatic heterocycles. The Labute approximate surface area is 123 Å². The normalized spacial score (nSPS) is 12.5. The van der Waals surface area contributed by atoms with E-state index in [1.54, 1.807) is 39.0 Å². The smallest absolute Gasteiger partial charge is 0.338 e. The predicted molar refractivity (Wildman–Crippen MR) is 81.0 cm³/mol. The molecular weight excluding hydrogens is 278 g/mol. The quantitative estimate of drug-likeness (QED) is 0.494. The highest BCUT2D eigenvalue weighted by atomic mass is 32.2. The van der Waals surface area contributed by atoms with Gasteiger partial charge in [0.25, 0.3) is 0 Å². The number of ether oxygens (including phenoxy) is 3. The molecule has 0 spiro atoms. The molecule has 6 heteroatoms. The maximum Gasteiger partial charge on any atom is 0.338 e. The molecule has 0 aliphatic heterocycles. The average Bonchev–Trinajstić information content (AvgIpc) is 2.47. The summed E-state index contributed by atoms with van der Waals surface area (Å²) < 4.78 is 15.4. The van der Waals surface area contributed by atoms with Crippen molar-refractivity contribution in [1.29, 1.82) is 0 Å². The lowest BCUT2D eigenvalue weighted by molar-refractivity contribution is -0.102. The van der Waals surface area contributed by atoms with E-state index in [-0.39, 0.29) is 5.25 Å². The zero-order valence-corrected chi connectivity index (χ0v) is 13.2. The third-order valence-corrected chi connectivity index (χ3v) is 4.21. The zero-order chi connectivity index (χ0) is 15.3. The van der Waals surface area contributed by atoms with Gasteiger partial charge in [-0.05, 0) is 30.4 Å². The third-order valence-electron chi connectivity index (χ3n) is 3.23. The van der Waals surface area contributed by atoms with Crippen LogP contribution in [0.25, 0.3) is 0 Å². The number of methoxy groups -OCH3 is 3. The molecule has 0 saturated carbocycles. The Hall–Kier alpha value is -1.24. The SMILES string of the molecule is COC(=O)c1ccc(C(SC)C(OC)OC)c(N)c1C. The number of hydrogen-bond acceptors (Lipinski definition) is 6. The van der Waals surface area contributed by atoms with E-state index >= 15 is 0 Å². The number of carbonyl (C=O) groups excluding carboxylic acids is 1. The molecule has 2 N–H and O–H groups in total. The van der Waals surface area contributed by atoms with Crippen LogP contribution in [0, 0.1) is 6.92 Å². The van der Waals surface area contributed by atoms with Crippen LogP contribution in [-0.2, 0) is 14.2 Å². The number of nitrogens with two attached hydrogens (primary N) is 1. The topological polar surface area (TPSA) is 70.8 Å². The zero-order valence-electron chi connectivity index (χ0n) is 12.4. The van der Waals surface area contributed by atoms with Crippen LogP contribution in [0.3, 0.4) is 0 Å². The highest BCUT2D eigenvalue weighted by Gasteiger charge is 2.26. The molecule has 1 rings (SSSR count). The van der Waals surface area contributed by atoms with Crippen LogP contribution in [0.4, 0.5) is 5.69 Å². The molecule has 1 aromatic carbocycles. The van der Waals surface area contributed by atoms with Crippen molar-refractivity contribution in [3.63, 3.8) is 0 Å². The largest absolute Gasteiger partial charge is 0.465 e. The Morgan fingerprint density at radius 1 is 1.25 bits per heavy atom. The summed E-state index contributed by atoms with van der Waals surface area (Å²) in [6, 6.07) is 3.54. The van der Waals surface area contributed by atoms with Crippen molar-refractivity contribution in [2.45, 2.75) is 18.5 Å². The number of rotatable bonds is 6. The van der Waals surface area contributed by atoms with Gasteiger partial charge in [0.05, 0.1) is 17.9 Å². The lowest BCUT2D eigenvalue weighted by atomic mass is 9.99. The Morgan fingerprint density at radius 3 is 2.30 bits per heavy atom. The molecule has 20 heavy (non-hydrogen) atoms. The van der Waals surface area contributed by atoms with Gasteiger partial charge in [-0.25, -0.2) is 4.79 Å². The fourth-order valence-electron chi connectivity index (χ4n) is 2.06. The van der Waals surface area contributed by atoms with Gasteiger partial charge in [0.1, 0.15) is 0 Å². The summed E-state index contributed by atoms with van der Waals surface area (Å²) in [5.74, 6) is -0.392. The molecular formula is C14H21NO4S. The lowest BCUT2D eigenvalue weighted by Crippen LogP contribution is -2.22. The van der Waals surface area contributed by atoms with Crippen LogP contribution >= 0.6 is 11.8 Å². The van der Waals surface area contributed by atoms with Gasteiger partial charge in [-0.1, -0.05) is 6.07 Å². The highest BCUT2D eigenvalue weighted by Crippen LogP contribution is 2.37. The average molecular weight is 299 g/mol. The van der Waals surface area contributed by atoms with Gasteiger partial charge in [0.15, 0.2) is 6.29 Å². The molecule has 112 valence electrons. The number of benzene rings is 1. The molecule has 0 aliphatic carbocycles. The Morgan fingerprint density at radius 2 is 1.85 bits per heavy atom. The van der Waals surface area contributed by atoms with E-state index in [1.807, 2.05) is 12.3 Å². The second-order valence-corrected chi connectivity index (χ2v) is 5.21. The fraction of sp³-hybridized carbons (Fsp3) is 0.500. The minimum absolute atomic E-state index is 0.0737. The van der Waals surface area contributed by atoms with E-state index in [9.17, 15) is 4.79 Å². The maximum atomic E-state index is 11.7. The summed E-state index contributed by atoms with van der Waals surface area (Å²) in [5, 5.41) is -0.0737. The predicted octanol–water partition coefficient (Wildman–Crippen LogP) is 2.39. The molecule has 5 nitrogen and oxygen atoms in total. The molecule has 1 unspecified atom stereocenters. The Kier molecular flexibility index (Phi) is 6.32. The molecule has 1 atom stereocenters. The second-order valence-electron chi connectivity index (χ2n) is 4.23. The van der Waals surface area contributed by atoms with Crippen LogP contribution in [0.2, 0.25) is 0 Å². The van der Waals surface area contributed by atoms with Crippen LogP contribution < -0.4 is 5.73 Å². The summed E-state index contributed by atoms with van der Waals surface area (Å²) in [6.45, 7) is 1.80. The maximum absolute atomic E-state index is 11.7. The van der Waals surface area contributed by atoms with Crippen molar-refractivity contribution in [3.8, 4) is 0 Å². The summed E-state index contributed by atoms with van der Waals surface area (Å²) in [5.41, 5.74) is 8.79. The molecule has 0 saturated heterocycles. The van der Waals surface area contributed by atoms with Crippen molar-refractivity contribution < 1.29 is 19.0 Å². The van der Waals surface area contributed by atoms with Gasteiger partial charge < -0.3 is 19.9 Å². The van der Waals surface area contributed by atoms with Crippen molar-refractivity contribution in [2.75, 3.05) is 33.3 Å². The first-order valence-corrected chi connectivity index (χ1v) is 7.36. The van der Waals surface area contributed by atoms with Crippen molar-refractivity contribution in [1.82, 2.24) is 0 Å². The number of carbonyl (C=O) groups is 1. The molecule has 0 aliphatic rings. The Bertz CT molecular complexity index is 474. The number of thioether (sulfide) groups is 1. The van der Waals surface area contributed by atoms with Crippen LogP contribution in [0.1, 0.15) is 26.7 Å². The number of anilines is 1. The van der Waals surface area contributed by atoms with Gasteiger partial charge in [0.2, 0.25) is 0 Å². The molecule has 0 heterocycles. The van der Waals surface area contributed by atoms with E-state index in [1.165, 1.54) is 7.11 Å². The number of esters is 1. The van der Waals surface area contributed by atoms with Crippen molar-refractivity contribution in [2.24, 2.45) is 0 Å². The number of nitrogen functional groups attached to an aromatic ring is 1. The summed E-state index contributed by atoms with van der Waals surface area (Å²) >= 11 is 1.58. The first-order chi connectivity index (χ1) is 9.51. The molecule has 1 aromatic rings. The first kappa shape index (κ1) is 16.8. The first-order valence-electron chi connectivity index (χ1n) is 6.07. The molecule has 0 radical (unpaired) electrons. The monoisotopic (exact) mass is 299 g/mol. The van der Waals surface area contributed by atoms with Crippen LogP contribution in [0.15, 0.2) is 12.1 Å². The van der Waals surface area contributed by atoms with Gasteiger partial charge in [-0.3, -0.25) is 0 Å². The summed E-state index contributed by atoms with van der Waals surface area (Å²) in [4.78, 5) is 11.7. The molecule has 0 amide bonds. The van der Waals surface area contributed by atoms with Gasteiger partial charge >= 0.3 is 5.97 Å². The Balaban J connectivity index is 3.26. The van der Waals surface area contributed by atoms with E-state index in [0.717, 1.165) is 5.56 Å². The van der Waals surface area contributed by atoms with Gasteiger partial charge in [-0.2, -0.15) is 11.8 Å². The minimum atomic E-state index is -0.407. The van der Waals surface area contributed by atoms with E-state index in [0.29, 0.717) is 16.8 Å². The molecule has 0 fully saturated rings. The molecule has 0 bridgehead atoms. The lowest BCUT2D eigenvalue weighted by Gasteiger charge is -2.25. The highest BCUT2D eigenvalue weighted by molar-refractivity contribution is 7.98. The van der Waals surface area contributed by atoms with Crippen molar-refractivity contribution >= 4 is 23.4 Å². The van der Waals surface area contributed by atoms with E-state index in [4.69, 9.17) is 19.9 Å². The number of hydrogen-bond donors (Lipinski definition) is 1. The van der Waals surface area contributed by atoms with Crippen molar-refractivity contribution in [3.05, 3.63) is 28.8 Å². The van der Waals surface area contributed by atoms with Gasteiger partial charge in [0, 0.05) is 19.9 Å².